The molecule has 1 N–H and O–H groups in total. The number of likely N-dealkylation sites (tertiary alicyclic amines) is 1. The van der Waals surface area contributed by atoms with Crippen molar-refractivity contribution in [3.05, 3.63) is 35.9 Å². The lowest BCUT2D eigenvalue weighted by Gasteiger charge is -2.34. The summed E-state index contributed by atoms with van der Waals surface area (Å²) in [6, 6.07) is 10.2. The molecule has 4 rings (SSSR count). The predicted octanol–water partition coefficient (Wildman–Crippen LogP) is 2.42. The van der Waals surface area contributed by atoms with E-state index in [1.165, 1.54) is 18.4 Å². The number of nitrogens with zero attached hydrogens (tertiary/aromatic N) is 6. The van der Waals surface area contributed by atoms with E-state index in [-0.39, 0.29) is 0 Å². The maximum Gasteiger partial charge on any atom is 0.245 e. The Labute approximate surface area is 176 Å². The van der Waals surface area contributed by atoms with E-state index < -0.39 is 0 Å². The van der Waals surface area contributed by atoms with Gasteiger partial charge < -0.3 is 19.9 Å². The van der Waals surface area contributed by atoms with Crippen LogP contribution in [0.3, 0.4) is 0 Å². The van der Waals surface area contributed by atoms with Gasteiger partial charge in [0, 0.05) is 33.8 Å². The largest absolute Gasteiger partial charge is 0.383 e. The normalized spacial score (nSPS) is 15.5. The third-order valence-electron chi connectivity index (χ3n) is 5.61. The standard InChI is InChI=1S/C21H29N7O2/c1-27(15-17-8-10-28(11-9-17)12-13-29-2)21-20(22-14-16-6-4-3-5-7-16)23-18-19(24-21)26-30-25-18/h3-7,17H,8-15H2,1-2H3,(H,22,23,25). The van der Waals surface area contributed by atoms with Crippen LogP contribution in [-0.2, 0) is 11.3 Å². The van der Waals surface area contributed by atoms with E-state index in [1.54, 1.807) is 7.11 Å². The first kappa shape index (κ1) is 20.5. The van der Waals surface area contributed by atoms with Crippen LogP contribution in [0.2, 0.25) is 0 Å². The number of ether oxygens (including phenoxy) is 1. The zero-order chi connectivity index (χ0) is 20.8. The Morgan fingerprint density at radius 2 is 1.87 bits per heavy atom. The molecule has 0 unspecified atom stereocenters. The summed E-state index contributed by atoms with van der Waals surface area (Å²) in [6.07, 6.45) is 2.34. The van der Waals surface area contributed by atoms with Gasteiger partial charge in [0.1, 0.15) is 0 Å². The number of hydrogen-bond donors (Lipinski definition) is 1. The van der Waals surface area contributed by atoms with Gasteiger partial charge in [0.25, 0.3) is 0 Å². The molecule has 1 aliphatic heterocycles. The molecule has 0 saturated carbocycles. The summed E-state index contributed by atoms with van der Waals surface area (Å²) in [6.45, 7) is 5.60. The number of rotatable bonds is 9. The molecule has 1 aromatic carbocycles. The van der Waals surface area contributed by atoms with Crippen LogP contribution >= 0.6 is 0 Å². The van der Waals surface area contributed by atoms with Crippen LogP contribution in [0.5, 0.6) is 0 Å². The van der Waals surface area contributed by atoms with Crippen molar-refractivity contribution in [3.63, 3.8) is 0 Å². The molecule has 9 nitrogen and oxygen atoms in total. The second-order valence-electron chi connectivity index (χ2n) is 7.80. The van der Waals surface area contributed by atoms with Crippen LogP contribution in [-0.4, -0.2) is 72.1 Å². The van der Waals surface area contributed by atoms with E-state index >= 15 is 0 Å². The van der Waals surface area contributed by atoms with Crippen molar-refractivity contribution in [1.29, 1.82) is 0 Å². The number of anilines is 2. The van der Waals surface area contributed by atoms with Gasteiger partial charge in [-0.15, -0.1) is 0 Å². The molecule has 3 heterocycles. The molecule has 1 saturated heterocycles. The highest BCUT2D eigenvalue weighted by Crippen LogP contribution is 2.26. The lowest BCUT2D eigenvalue weighted by atomic mass is 9.96. The minimum atomic E-state index is 0.411. The van der Waals surface area contributed by atoms with Crippen LogP contribution in [0.4, 0.5) is 11.6 Å². The molecule has 0 atom stereocenters. The number of nitrogens with one attached hydrogen (secondary N) is 1. The quantitative estimate of drug-likeness (QED) is 0.570. The number of benzene rings is 1. The molecular weight excluding hydrogens is 382 g/mol. The predicted molar refractivity (Wildman–Crippen MR) is 115 cm³/mol. The Morgan fingerprint density at radius 3 is 2.60 bits per heavy atom. The lowest BCUT2D eigenvalue weighted by molar-refractivity contribution is 0.121. The monoisotopic (exact) mass is 411 g/mol. The highest BCUT2D eigenvalue weighted by molar-refractivity contribution is 5.73. The second-order valence-corrected chi connectivity index (χ2v) is 7.80. The molecule has 30 heavy (non-hydrogen) atoms. The summed E-state index contributed by atoms with van der Waals surface area (Å²) >= 11 is 0. The molecular formula is C21H29N7O2. The van der Waals surface area contributed by atoms with Crippen LogP contribution in [0.15, 0.2) is 35.0 Å². The molecule has 9 heteroatoms. The van der Waals surface area contributed by atoms with Crippen LogP contribution in [0, 0.1) is 5.92 Å². The smallest absolute Gasteiger partial charge is 0.245 e. The molecule has 0 spiro atoms. The van der Waals surface area contributed by atoms with Crippen LogP contribution in [0.25, 0.3) is 11.3 Å². The van der Waals surface area contributed by atoms with Gasteiger partial charge in [-0.25, -0.2) is 14.6 Å². The maximum absolute atomic E-state index is 5.20. The Hall–Kier alpha value is -2.78. The van der Waals surface area contributed by atoms with Gasteiger partial charge >= 0.3 is 0 Å². The van der Waals surface area contributed by atoms with E-state index in [1.807, 2.05) is 18.2 Å². The minimum Gasteiger partial charge on any atom is -0.383 e. The topological polar surface area (TPSA) is 92.4 Å². The summed E-state index contributed by atoms with van der Waals surface area (Å²) in [4.78, 5) is 13.9. The van der Waals surface area contributed by atoms with E-state index in [4.69, 9.17) is 9.37 Å². The average molecular weight is 412 g/mol. The Bertz CT molecular complexity index is 926. The zero-order valence-electron chi connectivity index (χ0n) is 17.6. The maximum atomic E-state index is 5.20. The van der Waals surface area contributed by atoms with Crippen molar-refractivity contribution >= 4 is 22.9 Å². The lowest BCUT2D eigenvalue weighted by Crippen LogP contribution is -2.39. The second kappa shape index (κ2) is 9.82. The molecule has 2 aromatic heterocycles. The summed E-state index contributed by atoms with van der Waals surface area (Å²) in [5, 5.41) is 11.1. The highest BCUT2D eigenvalue weighted by Gasteiger charge is 2.23. The highest BCUT2D eigenvalue weighted by atomic mass is 16.6. The number of methoxy groups -OCH3 is 1. The third kappa shape index (κ3) is 5.03. The fourth-order valence-electron chi connectivity index (χ4n) is 3.88. The van der Waals surface area contributed by atoms with E-state index in [9.17, 15) is 0 Å². The van der Waals surface area contributed by atoms with Crippen molar-refractivity contribution in [2.45, 2.75) is 19.4 Å². The van der Waals surface area contributed by atoms with Gasteiger partial charge in [0.2, 0.25) is 11.3 Å². The Kier molecular flexibility index (Phi) is 6.70. The number of aromatic nitrogens is 4. The Balaban J connectivity index is 1.44. The molecule has 1 aliphatic rings. The SMILES string of the molecule is COCCN1CCC(CN(C)c2nc3nonc3nc2NCc2ccccc2)CC1. The Morgan fingerprint density at radius 1 is 1.13 bits per heavy atom. The fraction of sp³-hybridized carbons (Fsp3) is 0.524. The van der Waals surface area contributed by atoms with Crippen molar-refractivity contribution in [2.24, 2.45) is 5.92 Å². The van der Waals surface area contributed by atoms with Crippen molar-refractivity contribution in [3.8, 4) is 0 Å². The first-order valence-electron chi connectivity index (χ1n) is 10.4. The molecule has 0 bridgehead atoms. The van der Waals surface area contributed by atoms with Gasteiger partial charge in [0.15, 0.2) is 11.6 Å². The van der Waals surface area contributed by atoms with Gasteiger partial charge in [-0.2, -0.15) is 0 Å². The average Bonchev–Trinajstić information content (AvgIpc) is 3.24. The molecule has 160 valence electrons. The minimum absolute atomic E-state index is 0.411. The van der Waals surface area contributed by atoms with Crippen LogP contribution in [0.1, 0.15) is 18.4 Å². The third-order valence-corrected chi connectivity index (χ3v) is 5.61. The number of hydrogen-bond acceptors (Lipinski definition) is 9. The number of piperidine rings is 1. The molecule has 0 amide bonds. The van der Waals surface area contributed by atoms with E-state index in [0.29, 0.717) is 29.6 Å². The van der Waals surface area contributed by atoms with Crippen LogP contribution < -0.4 is 10.2 Å². The zero-order valence-corrected chi connectivity index (χ0v) is 17.6. The molecule has 0 aliphatic carbocycles. The summed E-state index contributed by atoms with van der Waals surface area (Å²) in [5.74, 6) is 2.08. The summed E-state index contributed by atoms with van der Waals surface area (Å²) in [5.41, 5.74) is 2.01. The van der Waals surface area contributed by atoms with E-state index in [2.05, 4.69) is 54.6 Å². The summed E-state index contributed by atoms with van der Waals surface area (Å²) in [7, 11) is 3.82. The fourth-order valence-corrected chi connectivity index (χ4v) is 3.88. The first-order chi connectivity index (χ1) is 14.7. The molecule has 3 aromatic rings. The van der Waals surface area contributed by atoms with Gasteiger partial charge in [-0.05, 0) is 47.7 Å². The van der Waals surface area contributed by atoms with Crippen molar-refractivity contribution < 1.29 is 9.37 Å². The van der Waals surface area contributed by atoms with Crippen molar-refractivity contribution in [2.75, 3.05) is 57.2 Å². The first-order valence-corrected chi connectivity index (χ1v) is 10.4. The van der Waals surface area contributed by atoms with Gasteiger partial charge in [-0.1, -0.05) is 30.3 Å². The van der Waals surface area contributed by atoms with Crippen molar-refractivity contribution in [1.82, 2.24) is 25.2 Å². The number of fused-ring (bicyclic) bond motifs is 1. The summed E-state index contributed by atoms with van der Waals surface area (Å²) < 4.78 is 10.0. The molecule has 0 radical (unpaired) electrons. The van der Waals surface area contributed by atoms with E-state index in [0.717, 1.165) is 38.6 Å². The molecule has 1 fully saturated rings. The van der Waals surface area contributed by atoms with Gasteiger partial charge in [0.05, 0.1) is 6.61 Å². The van der Waals surface area contributed by atoms with Gasteiger partial charge in [-0.3, -0.25) is 0 Å².